The minimum atomic E-state index is -4.96. The van der Waals surface area contributed by atoms with Crippen LogP contribution in [0.4, 0.5) is 0 Å². The topological polar surface area (TPSA) is 237 Å². The molecule has 2 unspecified atom stereocenters. The number of phosphoric ester groups is 2. The van der Waals surface area contributed by atoms with E-state index < -0.39 is 97.5 Å². The molecule has 0 radical (unpaired) electrons. The minimum absolute atomic E-state index is 0.107. The molecule has 0 fully saturated rings. The number of carbonyl (C=O) groups is 4. The monoisotopic (exact) mass is 1380 g/mol. The zero-order valence-electron chi connectivity index (χ0n) is 61.3. The zero-order chi connectivity index (χ0) is 69.3. The fraction of sp³-hybridized carbons (Fsp3) is 0.947. The molecule has 0 aliphatic rings. The molecule has 94 heavy (non-hydrogen) atoms. The standard InChI is InChI=1S/C75H146O17P2/c1-7-9-11-13-15-16-27-35-41-47-53-59-74(79)91-70(63-85-72(77)57-51-45-37-14-12-10-8-2)65-89-93(81,82)87-61-69(76)62-88-94(83,84)90-66-71(64-86-73(78)58-52-46-40-34-30-26-25-29-33-39-44-50-56-68(5)6)92-75(80)60-54-48-42-36-31-24-22-20-18-17-19-21-23-28-32-38-43-49-55-67(3)4/h67-71,76H,7-66H2,1-6H3,(H,81,82)(H,83,84)/t69-,70+,71+/m0/s1. The van der Waals surface area contributed by atoms with Crippen molar-refractivity contribution in [1.29, 1.82) is 0 Å². The van der Waals surface area contributed by atoms with Crippen molar-refractivity contribution < 1.29 is 80.2 Å². The van der Waals surface area contributed by atoms with E-state index in [0.717, 1.165) is 115 Å². The average molecular weight is 1380 g/mol. The highest BCUT2D eigenvalue weighted by atomic mass is 31.2. The molecule has 0 aliphatic carbocycles. The van der Waals surface area contributed by atoms with Crippen molar-refractivity contribution in [2.24, 2.45) is 11.8 Å². The Balaban J connectivity index is 5.16. The molecule has 0 heterocycles. The number of unbranched alkanes of at least 4 members (excludes halogenated alkanes) is 44. The quantitative estimate of drug-likeness (QED) is 0.0222. The predicted molar refractivity (Wildman–Crippen MR) is 381 cm³/mol. The van der Waals surface area contributed by atoms with E-state index >= 15 is 0 Å². The highest BCUT2D eigenvalue weighted by Crippen LogP contribution is 2.45. The third kappa shape index (κ3) is 68.6. The largest absolute Gasteiger partial charge is 0.472 e. The number of hydrogen-bond acceptors (Lipinski definition) is 15. The maximum absolute atomic E-state index is 13.1. The van der Waals surface area contributed by atoms with Crippen LogP contribution in [0.1, 0.15) is 388 Å². The molecule has 0 spiro atoms. The van der Waals surface area contributed by atoms with Crippen molar-refractivity contribution >= 4 is 39.5 Å². The molecular weight excluding hydrogens is 1230 g/mol. The van der Waals surface area contributed by atoms with Gasteiger partial charge in [-0.1, -0.05) is 337 Å². The molecule has 17 nitrogen and oxygen atoms in total. The number of phosphoric acid groups is 2. The van der Waals surface area contributed by atoms with Crippen LogP contribution >= 0.6 is 15.6 Å². The molecule has 0 bridgehead atoms. The first-order valence-corrected chi connectivity index (χ1v) is 42.0. The van der Waals surface area contributed by atoms with E-state index in [1.54, 1.807) is 0 Å². The Morgan fingerprint density at radius 1 is 0.287 bits per heavy atom. The molecule has 558 valence electrons. The summed E-state index contributed by atoms with van der Waals surface area (Å²) in [6.07, 6.45) is 54.3. The summed E-state index contributed by atoms with van der Waals surface area (Å²) in [5.41, 5.74) is 0. The number of rotatable bonds is 74. The highest BCUT2D eigenvalue weighted by Gasteiger charge is 2.30. The fourth-order valence-electron chi connectivity index (χ4n) is 11.5. The molecule has 0 rings (SSSR count). The summed E-state index contributed by atoms with van der Waals surface area (Å²) in [7, 11) is -9.90. The van der Waals surface area contributed by atoms with Gasteiger partial charge >= 0.3 is 39.5 Å². The number of esters is 4. The van der Waals surface area contributed by atoms with Crippen LogP contribution in [0.25, 0.3) is 0 Å². The number of hydrogen-bond donors (Lipinski definition) is 3. The van der Waals surface area contributed by atoms with Crippen LogP contribution < -0.4 is 0 Å². The molecule has 0 aromatic heterocycles. The Hall–Kier alpha value is -1.94. The van der Waals surface area contributed by atoms with E-state index in [9.17, 15) is 43.2 Å². The lowest BCUT2D eigenvalue weighted by Crippen LogP contribution is -2.30. The molecule has 19 heteroatoms. The van der Waals surface area contributed by atoms with Gasteiger partial charge in [-0.25, -0.2) is 9.13 Å². The van der Waals surface area contributed by atoms with E-state index in [4.69, 9.17) is 37.0 Å². The van der Waals surface area contributed by atoms with E-state index in [1.165, 1.54) is 193 Å². The predicted octanol–water partition coefficient (Wildman–Crippen LogP) is 21.9. The number of carbonyl (C=O) groups excluding carboxylic acids is 4. The third-order valence-corrected chi connectivity index (χ3v) is 19.4. The number of aliphatic hydroxyl groups excluding tert-OH is 1. The van der Waals surface area contributed by atoms with E-state index in [1.807, 2.05) is 0 Å². The normalized spacial score (nSPS) is 14.0. The molecule has 0 aromatic rings. The molecule has 0 aliphatic heterocycles. The second-order valence-corrected chi connectivity index (χ2v) is 30.9. The van der Waals surface area contributed by atoms with Crippen molar-refractivity contribution in [3.63, 3.8) is 0 Å². The summed E-state index contributed by atoms with van der Waals surface area (Å²) < 4.78 is 68.3. The lowest BCUT2D eigenvalue weighted by atomic mass is 10.0. The molecule has 0 aromatic carbocycles. The molecule has 0 saturated carbocycles. The first-order chi connectivity index (χ1) is 45.4. The first-order valence-electron chi connectivity index (χ1n) is 39.0. The summed E-state index contributed by atoms with van der Waals surface area (Å²) in [6.45, 7) is 9.59. The van der Waals surface area contributed by atoms with Crippen molar-refractivity contribution in [3.8, 4) is 0 Å². The first kappa shape index (κ1) is 92.1. The van der Waals surface area contributed by atoms with Crippen molar-refractivity contribution in [2.75, 3.05) is 39.6 Å². The second kappa shape index (κ2) is 66.9. The maximum atomic E-state index is 13.1. The summed E-state index contributed by atoms with van der Waals surface area (Å²) >= 11 is 0. The molecule has 0 amide bonds. The summed E-state index contributed by atoms with van der Waals surface area (Å²) in [6, 6.07) is 0. The van der Waals surface area contributed by atoms with Gasteiger partial charge in [-0.05, 0) is 37.5 Å². The maximum Gasteiger partial charge on any atom is 0.472 e. The summed E-state index contributed by atoms with van der Waals surface area (Å²) in [5.74, 6) is -0.519. The van der Waals surface area contributed by atoms with Gasteiger partial charge in [0.15, 0.2) is 12.2 Å². The number of ether oxygens (including phenoxy) is 4. The van der Waals surface area contributed by atoms with Crippen LogP contribution in [0.2, 0.25) is 0 Å². The van der Waals surface area contributed by atoms with Gasteiger partial charge in [0, 0.05) is 25.7 Å². The molecule has 3 N–H and O–H groups in total. The summed E-state index contributed by atoms with van der Waals surface area (Å²) in [4.78, 5) is 72.6. The Kier molecular flexibility index (Phi) is 65.5. The van der Waals surface area contributed by atoms with Gasteiger partial charge in [0.25, 0.3) is 0 Å². The van der Waals surface area contributed by atoms with Gasteiger partial charge in [0.1, 0.15) is 19.3 Å². The SMILES string of the molecule is CCCCCCCCCCCCCC(=O)O[C@H](COC(=O)CCCCCCCCC)COP(=O)(O)OC[C@H](O)COP(=O)(O)OC[C@@H](COC(=O)CCCCCCCCCCCCCCC(C)C)OC(=O)CCCCCCCCCCCCCCCCCCCCC(C)C. The minimum Gasteiger partial charge on any atom is -0.462 e. The zero-order valence-corrected chi connectivity index (χ0v) is 63.1. The Bertz CT molecular complexity index is 1820. The van der Waals surface area contributed by atoms with Crippen LogP contribution in [-0.2, 0) is 65.4 Å². The molecule has 5 atom stereocenters. The highest BCUT2D eigenvalue weighted by molar-refractivity contribution is 7.47. The smallest absolute Gasteiger partial charge is 0.462 e. The van der Waals surface area contributed by atoms with Crippen molar-refractivity contribution in [2.45, 2.75) is 407 Å². The van der Waals surface area contributed by atoms with Gasteiger partial charge < -0.3 is 33.8 Å². The van der Waals surface area contributed by atoms with Crippen LogP contribution in [-0.4, -0.2) is 96.7 Å². The average Bonchev–Trinajstić information content (AvgIpc) is 1.95. The third-order valence-electron chi connectivity index (χ3n) is 17.5. The van der Waals surface area contributed by atoms with Crippen LogP contribution in [0.5, 0.6) is 0 Å². The Labute approximate surface area is 575 Å². The van der Waals surface area contributed by atoms with Gasteiger partial charge in [-0.3, -0.25) is 37.3 Å². The van der Waals surface area contributed by atoms with Gasteiger partial charge in [-0.15, -0.1) is 0 Å². The summed E-state index contributed by atoms with van der Waals surface area (Å²) in [5, 5.41) is 10.6. The Morgan fingerprint density at radius 2 is 0.489 bits per heavy atom. The van der Waals surface area contributed by atoms with Crippen molar-refractivity contribution in [3.05, 3.63) is 0 Å². The lowest BCUT2D eigenvalue weighted by molar-refractivity contribution is -0.161. The van der Waals surface area contributed by atoms with E-state index in [-0.39, 0.29) is 25.7 Å². The van der Waals surface area contributed by atoms with Gasteiger partial charge in [-0.2, -0.15) is 0 Å². The second-order valence-electron chi connectivity index (χ2n) is 28.0. The van der Waals surface area contributed by atoms with Crippen LogP contribution in [0, 0.1) is 11.8 Å². The lowest BCUT2D eigenvalue weighted by Gasteiger charge is -2.21. The van der Waals surface area contributed by atoms with E-state index in [2.05, 4.69) is 41.5 Å². The fourth-order valence-corrected chi connectivity index (χ4v) is 13.1. The van der Waals surface area contributed by atoms with Gasteiger partial charge in [0.2, 0.25) is 0 Å². The van der Waals surface area contributed by atoms with E-state index in [0.29, 0.717) is 25.7 Å². The number of aliphatic hydroxyl groups is 1. The van der Waals surface area contributed by atoms with Crippen LogP contribution in [0.15, 0.2) is 0 Å². The van der Waals surface area contributed by atoms with Gasteiger partial charge in [0.05, 0.1) is 26.4 Å². The molecular formula is C75H146O17P2. The van der Waals surface area contributed by atoms with Crippen LogP contribution in [0.3, 0.4) is 0 Å². The van der Waals surface area contributed by atoms with Crippen molar-refractivity contribution in [1.82, 2.24) is 0 Å². The Morgan fingerprint density at radius 3 is 0.723 bits per heavy atom. The molecule has 0 saturated heterocycles.